The lowest BCUT2D eigenvalue weighted by atomic mass is 10.1. The van der Waals surface area contributed by atoms with Gasteiger partial charge in [0.05, 0.1) is 23.0 Å². The number of nitrogens with one attached hydrogen (secondary N) is 2. The van der Waals surface area contributed by atoms with Crippen molar-refractivity contribution in [3.63, 3.8) is 0 Å². The molecular formula is C16H16N2O3. The molecular weight excluding hydrogens is 268 g/mol. The van der Waals surface area contributed by atoms with E-state index in [1.54, 1.807) is 6.92 Å². The van der Waals surface area contributed by atoms with Crippen LogP contribution < -0.4 is 5.43 Å². The van der Waals surface area contributed by atoms with Gasteiger partial charge in [-0.15, -0.1) is 0 Å². The minimum atomic E-state index is -0.599. The van der Waals surface area contributed by atoms with E-state index in [0.29, 0.717) is 10.9 Å². The van der Waals surface area contributed by atoms with E-state index in [0.717, 1.165) is 22.2 Å². The van der Waals surface area contributed by atoms with Crippen molar-refractivity contribution >= 4 is 27.8 Å². The summed E-state index contributed by atoms with van der Waals surface area (Å²) in [5, 5.41) is 1.49. The SMILES string of the molecule is CCOC(=O)c1c[nH]c2ccc3c(C)c(C)[nH]c3c2c1=O. The summed E-state index contributed by atoms with van der Waals surface area (Å²) >= 11 is 0. The van der Waals surface area contributed by atoms with E-state index in [2.05, 4.69) is 9.97 Å². The standard InChI is InChI=1S/C16H16N2O3/c1-4-21-16(20)11-7-17-12-6-5-10-8(2)9(3)18-14(10)13(12)15(11)19/h5-7,18H,4H2,1-3H3,(H,17,19). The lowest BCUT2D eigenvalue weighted by Gasteiger charge is -2.04. The van der Waals surface area contributed by atoms with Gasteiger partial charge in [0.2, 0.25) is 5.43 Å². The molecule has 0 saturated carbocycles. The van der Waals surface area contributed by atoms with Crippen LogP contribution in [0.1, 0.15) is 28.5 Å². The minimum absolute atomic E-state index is 0.0294. The second-order valence-electron chi connectivity index (χ2n) is 5.04. The Kier molecular flexibility index (Phi) is 3.05. The van der Waals surface area contributed by atoms with Crippen LogP contribution >= 0.6 is 0 Å². The van der Waals surface area contributed by atoms with Crippen LogP contribution in [0.15, 0.2) is 23.1 Å². The zero-order chi connectivity index (χ0) is 15.1. The summed E-state index contributed by atoms with van der Waals surface area (Å²) in [5.74, 6) is -0.599. The number of carbonyl (C=O) groups excluding carboxylic acids is 1. The monoisotopic (exact) mass is 284 g/mol. The van der Waals surface area contributed by atoms with Gasteiger partial charge >= 0.3 is 5.97 Å². The van der Waals surface area contributed by atoms with Gasteiger partial charge in [-0.1, -0.05) is 6.07 Å². The summed E-state index contributed by atoms with van der Waals surface area (Å²) in [6.45, 7) is 5.91. The fourth-order valence-corrected chi connectivity index (χ4v) is 2.59. The van der Waals surface area contributed by atoms with Gasteiger partial charge in [0.15, 0.2) is 0 Å². The highest BCUT2D eigenvalue weighted by molar-refractivity contribution is 6.07. The summed E-state index contributed by atoms with van der Waals surface area (Å²) in [6.07, 6.45) is 1.41. The van der Waals surface area contributed by atoms with E-state index >= 15 is 0 Å². The molecule has 108 valence electrons. The molecule has 1 aromatic carbocycles. The highest BCUT2D eigenvalue weighted by atomic mass is 16.5. The largest absolute Gasteiger partial charge is 0.462 e. The maximum Gasteiger partial charge on any atom is 0.343 e. The molecule has 2 aromatic heterocycles. The zero-order valence-corrected chi connectivity index (χ0v) is 12.2. The van der Waals surface area contributed by atoms with Crippen LogP contribution in [-0.2, 0) is 4.74 Å². The fraction of sp³-hybridized carbons (Fsp3) is 0.250. The van der Waals surface area contributed by atoms with Gasteiger partial charge < -0.3 is 14.7 Å². The summed E-state index contributed by atoms with van der Waals surface area (Å²) in [4.78, 5) is 30.7. The Morgan fingerprint density at radius 2 is 2.05 bits per heavy atom. The van der Waals surface area contributed by atoms with Crippen molar-refractivity contribution in [2.45, 2.75) is 20.8 Å². The maximum absolute atomic E-state index is 12.6. The van der Waals surface area contributed by atoms with Crippen molar-refractivity contribution in [2.24, 2.45) is 0 Å². The number of carbonyl (C=O) groups is 1. The number of H-pyrrole nitrogens is 2. The van der Waals surface area contributed by atoms with Gasteiger partial charge in [0.1, 0.15) is 5.56 Å². The third-order valence-electron chi connectivity index (χ3n) is 3.82. The highest BCUT2D eigenvalue weighted by Crippen LogP contribution is 2.26. The molecule has 5 nitrogen and oxygen atoms in total. The van der Waals surface area contributed by atoms with E-state index in [-0.39, 0.29) is 17.6 Å². The predicted molar refractivity (Wildman–Crippen MR) is 81.9 cm³/mol. The van der Waals surface area contributed by atoms with Crippen LogP contribution in [0.25, 0.3) is 21.8 Å². The number of aryl methyl sites for hydroxylation is 2. The average molecular weight is 284 g/mol. The molecule has 0 bridgehead atoms. The molecule has 0 saturated heterocycles. The van der Waals surface area contributed by atoms with Gasteiger partial charge in [-0.3, -0.25) is 4.79 Å². The number of fused-ring (bicyclic) bond motifs is 3. The Bertz CT molecular complexity index is 919. The molecule has 0 atom stereocenters. The molecule has 0 unspecified atom stereocenters. The number of aromatic nitrogens is 2. The first-order valence-corrected chi connectivity index (χ1v) is 6.85. The molecule has 3 rings (SSSR count). The molecule has 0 aliphatic rings. The third kappa shape index (κ3) is 1.93. The Morgan fingerprint density at radius 1 is 1.29 bits per heavy atom. The second kappa shape index (κ2) is 4.77. The number of benzene rings is 1. The highest BCUT2D eigenvalue weighted by Gasteiger charge is 2.17. The zero-order valence-electron chi connectivity index (χ0n) is 12.2. The average Bonchev–Trinajstić information content (AvgIpc) is 2.74. The fourth-order valence-electron chi connectivity index (χ4n) is 2.59. The van der Waals surface area contributed by atoms with Crippen molar-refractivity contribution in [3.05, 3.63) is 45.4 Å². The normalized spacial score (nSPS) is 11.2. The topological polar surface area (TPSA) is 75.0 Å². The molecule has 3 aromatic rings. The number of ether oxygens (including phenoxy) is 1. The maximum atomic E-state index is 12.6. The predicted octanol–water partition coefficient (Wildman–Crippen LogP) is 2.80. The summed E-state index contributed by atoms with van der Waals surface area (Å²) in [5.41, 5.74) is 3.29. The summed E-state index contributed by atoms with van der Waals surface area (Å²) < 4.78 is 4.93. The summed E-state index contributed by atoms with van der Waals surface area (Å²) in [6, 6.07) is 3.82. The first-order valence-electron chi connectivity index (χ1n) is 6.85. The van der Waals surface area contributed by atoms with Crippen LogP contribution in [-0.4, -0.2) is 22.5 Å². The smallest absolute Gasteiger partial charge is 0.343 e. The third-order valence-corrected chi connectivity index (χ3v) is 3.82. The Balaban J connectivity index is 2.41. The van der Waals surface area contributed by atoms with Crippen LogP contribution in [0.2, 0.25) is 0 Å². The van der Waals surface area contributed by atoms with Crippen molar-refractivity contribution in [1.82, 2.24) is 9.97 Å². The van der Waals surface area contributed by atoms with Crippen LogP contribution in [0.3, 0.4) is 0 Å². The second-order valence-corrected chi connectivity index (χ2v) is 5.04. The number of rotatable bonds is 2. The van der Waals surface area contributed by atoms with Crippen molar-refractivity contribution in [1.29, 1.82) is 0 Å². The number of aromatic amines is 2. The minimum Gasteiger partial charge on any atom is -0.462 e. The van der Waals surface area contributed by atoms with E-state index < -0.39 is 5.97 Å². The Hall–Kier alpha value is -2.56. The first-order chi connectivity index (χ1) is 10.0. The van der Waals surface area contributed by atoms with Crippen LogP contribution in [0, 0.1) is 13.8 Å². The van der Waals surface area contributed by atoms with Crippen LogP contribution in [0.4, 0.5) is 0 Å². The molecule has 0 aliphatic heterocycles. The molecule has 2 N–H and O–H groups in total. The number of esters is 1. The number of hydrogen-bond acceptors (Lipinski definition) is 3. The molecule has 0 fully saturated rings. The van der Waals surface area contributed by atoms with Gasteiger partial charge in [0, 0.05) is 17.3 Å². The Morgan fingerprint density at radius 3 is 2.76 bits per heavy atom. The molecule has 0 aliphatic carbocycles. The van der Waals surface area contributed by atoms with Gasteiger partial charge in [-0.2, -0.15) is 0 Å². The molecule has 21 heavy (non-hydrogen) atoms. The number of hydrogen-bond donors (Lipinski definition) is 2. The molecule has 2 heterocycles. The lowest BCUT2D eigenvalue weighted by molar-refractivity contribution is 0.0524. The van der Waals surface area contributed by atoms with E-state index in [4.69, 9.17) is 4.74 Å². The lowest BCUT2D eigenvalue weighted by Crippen LogP contribution is -2.18. The molecule has 0 radical (unpaired) electrons. The molecule has 0 spiro atoms. The van der Waals surface area contributed by atoms with Gasteiger partial charge in [-0.05, 0) is 32.4 Å². The molecule has 5 heteroatoms. The van der Waals surface area contributed by atoms with E-state index in [1.807, 2.05) is 26.0 Å². The summed E-state index contributed by atoms with van der Waals surface area (Å²) in [7, 11) is 0. The number of pyridine rings is 1. The van der Waals surface area contributed by atoms with E-state index in [1.165, 1.54) is 6.20 Å². The first kappa shape index (κ1) is 13.4. The Labute approximate surface area is 120 Å². The van der Waals surface area contributed by atoms with Gasteiger partial charge in [-0.25, -0.2) is 4.79 Å². The quantitative estimate of drug-likeness (QED) is 0.710. The van der Waals surface area contributed by atoms with Crippen molar-refractivity contribution < 1.29 is 9.53 Å². The van der Waals surface area contributed by atoms with Crippen LogP contribution in [0.5, 0.6) is 0 Å². The molecule has 0 amide bonds. The van der Waals surface area contributed by atoms with Gasteiger partial charge in [0.25, 0.3) is 0 Å². The van der Waals surface area contributed by atoms with E-state index in [9.17, 15) is 9.59 Å². The van der Waals surface area contributed by atoms with Crippen molar-refractivity contribution in [3.8, 4) is 0 Å². The van der Waals surface area contributed by atoms with Crippen molar-refractivity contribution in [2.75, 3.05) is 6.61 Å².